The fourth-order valence-corrected chi connectivity index (χ4v) is 3.00. The smallest absolute Gasteiger partial charge is 0.307 e. The number of carbonyl (C=O) groups excluding carboxylic acids is 1. The Bertz CT molecular complexity index is 486. The summed E-state index contributed by atoms with van der Waals surface area (Å²) >= 11 is 0. The van der Waals surface area contributed by atoms with Crippen LogP contribution in [-0.4, -0.2) is 17.0 Å². The van der Waals surface area contributed by atoms with Crippen molar-refractivity contribution >= 4 is 11.9 Å². The van der Waals surface area contributed by atoms with Crippen LogP contribution in [-0.2, 0) is 9.59 Å². The molecule has 1 aromatic rings. The summed E-state index contributed by atoms with van der Waals surface area (Å²) in [7, 11) is 0. The molecule has 2 rings (SSSR count). The number of carbonyl (C=O) groups is 2. The number of carboxylic acids is 1. The summed E-state index contributed by atoms with van der Waals surface area (Å²) in [5.41, 5.74) is 1.03. The molecule has 1 amide bonds. The number of carboxylic acid groups (broad SMARTS) is 1. The van der Waals surface area contributed by atoms with Gasteiger partial charge in [-0.05, 0) is 31.2 Å². The highest BCUT2D eigenvalue weighted by Gasteiger charge is 2.41. The van der Waals surface area contributed by atoms with Crippen LogP contribution in [0.4, 0.5) is 0 Å². The second-order valence-corrected chi connectivity index (χ2v) is 5.77. The molecule has 4 heteroatoms. The van der Waals surface area contributed by atoms with Gasteiger partial charge in [-0.1, -0.05) is 37.3 Å². The number of amides is 1. The minimum absolute atomic E-state index is 0.103. The molecule has 4 atom stereocenters. The Morgan fingerprint density at radius 3 is 2.40 bits per heavy atom. The van der Waals surface area contributed by atoms with Crippen LogP contribution in [0.5, 0.6) is 0 Å². The van der Waals surface area contributed by atoms with Gasteiger partial charge >= 0.3 is 5.97 Å². The van der Waals surface area contributed by atoms with Gasteiger partial charge in [0.05, 0.1) is 17.9 Å². The molecular weight excluding hydrogens is 254 g/mol. The predicted octanol–water partition coefficient (Wildman–Crippen LogP) is 2.61. The van der Waals surface area contributed by atoms with Crippen molar-refractivity contribution in [2.24, 2.45) is 17.8 Å². The lowest BCUT2D eigenvalue weighted by molar-refractivity contribution is -0.146. The summed E-state index contributed by atoms with van der Waals surface area (Å²) in [5, 5.41) is 12.2. The molecule has 0 radical (unpaired) electrons. The first kappa shape index (κ1) is 14.6. The number of hydrogen-bond donors (Lipinski definition) is 2. The first-order valence-electron chi connectivity index (χ1n) is 7.07. The van der Waals surface area contributed by atoms with E-state index < -0.39 is 17.8 Å². The van der Waals surface area contributed by atoms with Gasteiger partial charge in [0.15, 0.2) is 0 Å². The standard InChI is InChI=1S/C16H21NO3/c1-10-8-13(14(9-10)16(19)20)15(18)17-11(2)12-6-4-3-5-7-12/h3-7,10-11,13-14H,8-9H2,1-2H3,(H,17,18)(H,19,20). The predicted molar refractivity (Wildman–Crippen MR) is 76.0 cm³/mol. The highest BCUT2D eigenvalue weighted by molar-refractivity contribution is 5.85. The minimum Gasteiger partial charge on any atom is -0.481 e. The van der Waals surface area contributed by atoms with Gasteiger partial charge in [-0.3, -0.25) is 9.59 Å². The van der Waals surface area contributed by atoms with Crippen LogP contribution in [0.2, 0.25) is 0 Å². The molecule has 0 saturated heterocycles. The van der Waals surface area contributed by atoms with E-state index in [4.69, 9.17) is 0 Å². The van der Waals surface area contributed by atoms with Gasteiger partial charge in [-0.25, -0.2) is 0 Å². The van der Waals surface area contributed by atoms with E-state index in [2.05, 4.69) is 5.32 Å². The van der Waals surface area contributed by atoms with Crippen molar-refractivity contribution in [2.45, 2.75) is 32.7 Å². The maximum atomic E-state index is 12.3. The van der Waals surface area contributed by atoms with Crippen molar-refractivity contribution in [3.8, 4) is 0 Å². The van der Waals surface area contributed by atoms with Crippen molar-refractivity contribution in [3.05, 3.63) is 35.9 Å². The summed E-state index contributed by atoms with van der Waals surface area (Å²) in [4.78, 5) is 23.6. The van der Waals surface area contributed by atoms with Crippen molar-refractivity contribution in [1.82, 2.24) is 5.32 Å². The van der Waals surface area contributed by atoms with Gasteiger partial charge < -0.3 is 10.4 Å². The summed E-state index contributed by atoms with van der Waals surface area (Å²) in [5.74, 6) is -1.67. The fourth-order valence-electron chi connectivity index (χ4n) is 3.00. The first-order chi connectivity index (χ1) is 9.49. The Morgan fingerprint density at radius 2 is 1.80 bits per heavy atom. The van der Waals surface area contributed by atoms with Crippen LogP contribution in [0.25, 0.3) is 0 Å². The molecule has 0 aliphatic heterocycles. The second kappa shape index (κ2) is 6.07. The molecule has 20 heavy (non-hydrogen) atoms. The molecule has 1 aromatic carbocycles. The van der Waals surface area contributed by atoms with Crippen molar-refractivity contribution in [2.75, 3.05) is 0 Å². The second-order valence-electron chi connectivity index (χ2n) is 5.77. The van der Waals surface area contributed by atoms with Crippen LogP contribution in [0.3, 0.4) is 0 Å². The average Bonchev–Trinajstić information content (AvgIpc) is 2.82. The molecule has 4 unspecified atom stereocenters. The Labute approximate surface area is 119 Å². The third-order valence-electron chi connectivity index (χ3n) is 4.11. The quantitative estimate of drug-likeness (QED) is 0.887. The minimum atomic E-state index is -0.859. The van der Waals surface area contributed by atoms with Crippen molar-refractivity contribution in [1.29, 1.82) is 0 Å². The summed E-state index contributed by atoms with van der Waals surface area (Å²) in [6, 6.07) is 9.59. The molecule has 4 nitrogen and oxygen atoms in total. The van der Waals surface area contributed by atoms with Crippen LogP contribution >= 0.6 is 0 Å². The zero-order valence-corrected chi connectivity index (χ0v) is 11.9. The summed E-state index contributed by atoms with van der Waals surface area (Å²) in [6.07, 6.45) is 1.25. The van der Waals surface area contributed by atoms with Gasteiger partial charge in [-0.15, -0.1) is 0 Å². The normalized spacial score (nSPS) is 27.0. The van der Waals surface area contributed by atoms with Gasteiger partial charge in [-0.2, -0.15) is 0 Å². The monoisotopic (exact) mass is 275 g/mol. The molecule has 0 spiro atoms. The first-order valence-corrected chi connectivity index (χ1v) is 7.07. The molecule has 1 fully saturated rings. The third-order valence-corrected chi connectivity index (χ3v) is 4.11. The van der Waals surface area contributed by atoms with Gasteiger partial charge in [0.2, 0.25) is 5.91 Å². The lowest BCUT2D eigenvalue weighted by Crippen LogP contribution is -2.36. The highest BCUT2D eigenvalue weighted by atomic mass is 16.4. The van der Waals surface area contributed by atoms with E-state index in [0.717, 1.165) is 5.56 Å². The van der Waals surface area contributed by atoms with E-state index in [0.29, 0.717) is 18.8 Å². The zero-order chi connectivity index (χ0) is 14.7. The average molecular weight is 275 g/mol. The molecule has 108 valence electrons. The molecule has 0 bridgehead atoms. The largest absolute Gasteiger partial charge is 0.481 e. The number of hydrogen-bond acceptors (Lipinski definition) is 2. The van der Waals surface area contributed by atoms with E-state index in [-0.39, 0.29) is 11.9 Å². The van der Waals surface area contributed by atoms with Crippen molar-refractivity contribution in [3.63, 3.8) is 0 Å². The molecule has 1 aliphatic rings. The summed E-state index contributed by atoms with van der Waals surface area (Å²) < 4.78 is 0. The number of nitrogens with one attached hydrogen (secondary N) is 1. The molecule has 1 aliphatic carbocycles. The topological polar surface area (TPSA) is 66.4 Å². The Balaban J connectivity index is 2.02. The van der Waals surface area contributed by atoms with E-state index in [1.54, 1.807) is 0 Å². The zero-order valence-electron chi connectivity index (χ0n) is 11.9. The van der Waals surface area contributed by atoms with Crippen LogP contribution in [0.15, 0.2) is 30.3 Å². The Kier molecular flexibility index (Phi) is 4.42. The van der Waals surface area contributed by atoms with Gasteiger partial charge in [0, 0.05) is 0 Å². The van der Waals surface area contributed by atoms with E-state index >= 15 is 0 Å². The highest BCUT2D eigenvalue weighted by Crippen LogP contribution is 2.36. The molecule has 0 aromatic heterocycles. The number of rotatable bonds is 4. The van der Waals surface area contributed by atoms with Crippen LogP contribution < -0.4 is 5.32 Å². The van der Waals surface area contributed by atoms with E-state index in [1.807, 2.05) is 44.2 Å². The Hall–Kier alpha value is -1.84. The van der Waals surface area contributed by atoms with Crippen LogP contribution in [0.1, 0.15) is 38.3 Å². The molecular formula is C16H21NO3. The van der Waals surface area contributed by atoms with Crippen molar-refractivity contribution < 1.29 is 14.7 Å². The molecule has 0 heterocycles. The van der Waals surface area contributed by atoms with E-state index in [9.17, 15) is 14.7 Å². The number of aliphatic carboxylic acids is 1. The SMILES string of the molecule is CC1CC(C(=O)O)C(C(=O)NC(C)c2ccccc2)C1. The maximum Gasteiger partial charge on any atom is 0.307 e. The maximum absolute atomic E-state index is 12.3. The van der Waals surface area contributed by atoms with Crippen LogP contribution in [0, 0.1) is 17.8 Å². The summed E-state index contributed by atoms with van der Waals surface area (Å²) in [6.45, 7) is 3.92. The lowest BCUT2D eigenvalue weighted by atomic mass is 9.94. The fraction of sp³-hybridized carbons (Fsp3) is 0.500. The van der Waals surface area contributed by atoms with E-state index in [1.165, 1.54) is 0 Å². The lowest BCUT2D eigenvalue weighted by Gasteiger charge is -2.20. The molecule has 2 N–H and O–H groups in total. The molecule has 1 saturated carbocycles. The van der Waals surface area contributed by atoms with Gasteiger partial charge in [0.1, 0.15) is 0 Å². The van der Waals surface area contributed by atoms with Gasteiger partial charge in [0.25, 0.3) is 0 Å². The Morgan fingerprint density at radius 1 is 1.20 bits per heavy atom. The third kappa shape index (κ3) is 3.18. The number of benzene rings is 1.